The fraction of sp³-hybridized carbons (Fsp3) is 0.600. The Bertz CT molecular complexity index is 354. The maximum absolute atomic E-state index is 6.02. The minimum atomic E-state index is 0.360. The Morgan fingerprint density at radius 3 is 3.00 bits per heavy atom. The predicted octanol–water partition coefficient (Wildman–Crippen LogP) is 2.81. The second-order valence-electron chi connectivity index (χ2n) is 3.55. The van der Waals surface area contributed by atoms with Gasteiger partial charge in [0.05, 0.1) is 5.88 Å². The van der Waals surface area contributed by atoms with Gasteiger partial charge in [-0.25, -0.2) is 9.97 Å². The summed E-state index contributed by atoms with van der Waals surface area (Å²) in [6, 6.07) is 0. The van der Waals surface area contributed by atoms with Crippen LogP contribution in [-0.4, -0.2) is 34.6 Å². The summed E-state index contributed by atoms with van der Waals surface area (Å²) >= 11 is 13.9. The van der Waals surface area contributed by atoms with Crippen molar-refractivity contribution in [2.75, 3.05) is 29.5 Å². The zero-order valence-electron chi connectivity index (χ0n) is 8.83. The molecule has 88 valence electrons. The van der Waals surface area contributed by atoms with Gasteiger partial charge in [0.2, 0.25) is 0 Å². The van der Waals surface area contributed by atoms with Crippen molar-refractivity contribution in [2.45, 2.75) is 12.3 Å². The first-order valence-electron chi connectivity index (χ1n) is 5.21. The number of rotatable bonds is 2. The molecule has 1 aromatic rings. The summed E-state index contributed by atoms with van der Waals surface area (Å²) in [4.78, 5) is 10.5. The third-order valence-corrected chi connectivity index (χ3v) is 4.17. The Kier molecular flexibility index (Phi) is 4.55. The normalized spacial score (nSPS) is 17.2. The molecule has 0 aliphatic carbocycles. The highest BCUT2D eigenvalue weighted by atomic mass is 35.5. The van der Waals surface area contributed by atoms with E-state index in [1.807, 2.05) is 11.8 Å². The highest BCUT2D eigenvalue weighted by Crippen LogP contribution is 2.26. The smallest absolute Gasteiger partial charge is 0.138 e. The lowest BCUT2D eigenvalue weighted by molar-refractivity contribution is 0.793. The molecule has 0 radical (unpaired) electrons. The van der Waals surface area contributed by atoms with Crippen LogP contribution in [0.5, 0.6) is 0 Å². The Balaban J connectivity index is 2.27. The third kappa shape index (κ3) is 2.73. The van der Waals surface area contributed by atoms with Crippen LogP contribution in [0.3, 0.4) is 0 Å². The highest BCUT2D eigenvalue weighted by molar-refractivity contribution is 7.99. The molecule has 0 unspecified atom stereocenters. The average molecular weight is 278 g/mol. The molecule has 1 aromatic heterocycles. The third-order valence-electron chi connectivity index (χ3n) is 2.53. The highest BCUT2D eigenvalue weighted by Gasteiger charge is 2.17. The molecule has 2 rings (SSSR count). The van der Waals surface area contributed by atoms with Gasteiger partial charge in [0, 0.05) is 24.4 Å². The number of hydrogen-bond donors (Lipinski definition) is 0. The van der Waals surface area contributed by atoms with Crippen LogP contribution in [0.25, 0.3) is 0 Å². The molecule has 3 nitrogen and oxygen atoms in total. The summed E-state index contributed by atoms with van der Waals surface area (Å²) in [5.41, 5.74) is 0.845. The number of alkyl halides is 1. The van der Waals surface area contributed by atoms with Crippen LogP contribution in [-0.2, 0) is 5.88 Å². The Morgan fingerprint density at radius 1 is 1.31 bits per heavy atom. The van der Waals surface area contributed by atoms with Gasteiger partial charge < -0.3 is 4.90 Å². The maximum Gasteiger partial charge on any atom is 0.138 e. The number of thioether (sulfide) groups is 1. The van der Waals surface area contributed by atoms with Crippen molar-refractivity contribution in [3.05, 3.63) is 17.0 Å². The van der Waals surface area contributed by atoms with E-state index in [0.717, 1.165) is 30.2 Å². The molecule has 0 bridgehead atoms. The molecule has 1 saturated heterocycles. The molecule has 2 heterocycles. The van der Waals surface area contributed by atoms with Gasteiger partial charge in [-0.2, -0.15) is 11.8 Å². The minimum absolute atomic E-state index is 0.360. The average Bonchev–Trinajstić information content (AvgIpc) is 2.57. The van der Waals surface area contributed by atoms with E-state index in [1.54, 1.807) is 0 Å². The first kappa shape index (κ1) is 12.3. The van der Waals surface area contributed by atoms with Crippen LogP contribution in [0.1, 0.15) is 12.0 Å². The fourth-order valence-electron chi connectivity index (χ4n) is 1.73. The van der Waals surface area contributed by atoms with E-state index >= 15 is 0 Å². The van der Waals surface area contributed by atoms with Gasteiger partial charge in [0.15, 0.2) is 0 Å². The lowest BCUT2D eigenvalue weighted by Gasteiger charge is -2.23. The van der Waals surface area contributed by atoms with E-state index in [1.165, 1.54) is 18.5 Å². The standard InChI is InChI=1S/C10H13Cl2N3S/c11-6-8-9(12)13-7-14-10(8)15-2-1-4-16-5-3-15/h7H,1-6H2. The van der Waals surface area contributed by atoms with E-state index < -0.39 is 0 Å². The van der Waals surface area contributed by atoms with Crippen molar-refractivity contribution < 1.29 is 0 Å². The van der Waals surface area contributed by atoms with Crippen molar-refractivity contribution in [1.82, 2.24) is 9.97 Å². The molecule has 0 spiro atoms. The molecule has 0 amide bonds. The molecule has 1 fully saturated rings. The molecule has 0 aromatic carbocycles. The second-order valence-corrected chi connectivity index (χ2v) is 5.40. The zero-order valence-corrected chi connectivity index (χ0v) is 11.2. The van der Waals surface area contributed by atoms with Crippen LogP contribution in [0.15, 0.2) is 6.33 Å². The SMILES string of the molecule is ClCc1c(Cl)ncnc1N1CCCSCC1. The summed E-state index contributed by atoms with van der Waals surface area (Å²) in [6.07, 6.45) is 2.68. The Morgan fingerprint density at radius 2 is 2.19 bits per heavy atom. The lowest BCUT2D eigenvalue weighted by Crippen LogP contribution is -2.27. The van der Waals surface area contributed by atoms with E-state index in [2.05, 4.69) is 14.9 Å². The zero-order chi connectivity index (χ0) is 11.4. The Labute approximate surface area is 110 Å². The van der Waals surface area contributed by atoms with E-state index in [-0.39, 0.29) is 0 Å². The van der Waals surface area contributed by atoms with Crippen LogP contribution in [0.2, 0.25) is 5.15 Å². The van der Waals surface area contributed by atoms with Crippen LogP contribution >= 0.6 is 35.0 Å². The summed E-state index contributed by atoms with van der Waals surface area (Å²) in [7, 11) is 0. The second kappa shape index (κ2) is 5.94. The van der Waals surface area contributed by atoms with Crippen molar-refractivity contribution >= 4 is 40.8 Å². The van der Waals surface area contributed by atoms with Gasteiger partial charge >= 0.3 is 0 Å². The molecule has 0 atom stereocenters. The lowest BCUT2D eigenvalue weighted by atomic mass is 10.3. The van der Waals surface area contributed by atoms with Crippen LogP contribution < -0.4 is 4.90 Å². The van der Waals surface area contributed by atoms with Gasteiger partial charge in [-0.3, -0.25) is 0 Å². The molecule has 6 heteroatoms. The van der Waals surface area contributed by atoms with Crippen molar-refractivity contribution in [3.63, 3.8) is 0 Å². The Hall–Kier alpha value is -0.190. The van der Waals surface area contributed by atoms with E-state index in [4.69, 9.17) is 23.2 Å². The molecule has 0 saturated carbocycles. The summed E-state index contributed by atoms with van der Waals surface area (Å²) < 4.78 is 0. The number of halogens is 2. The number of nitrogens with zero attached hydrogens (tertiary/aromatic N) is 3. The molecule has 1 aliphatic rings. The number of anilines is 1. The number of hydrogen-bond acceptors (Lipinski definition) is 4. The van der Waals surface area contributed by atoms with Crippen molar-refractivity contribution in [1.29, 1.82) is 0 Å². The fourth-order valence-corrected chi connectivity index (χ4v) is 3.12. The molecule has 0 N–H and O–H groups in total. The van der Waals surface area contributed by atoms with Gasteiger partial charge in [0.1, 0.15) is 17.3 Å². The molecule has 16 heavy (non-hydrogen) atoms. The van der Waals surface area contributed by atoms with Gasteiger partial charge in [-0.1, -0.05) is 11.6 Å². The van der Waals surface area contributed by atoms with E-state index in [9.17, 15) is 0 Å². The quantitative estimate of drug-likeness (QED) is 0.614. The van der Waals surface area contributed by atoms with Gasteiger partial charge in [-0.15, -0.1) is 11.6 Å². The van der Waals surface area contributed by atoms with Crippen LogP contribution in [0.4, 0.5) is 5.82 Å². The molecule has 1 aliphatic heterocycles. The number of aromatic nitrogens is 2. The van der Waals surface area contributed by atoms with Crippen LogP contribution in [0, 0.1) is 0 Å². The molecular formula is C10H13Cl2N3S. The maximum atomic E-state index is 6.02. The predicted molar refractivity (Wildman–Crippen MR) is 70.8 cm³/mol. The summed E-state index contributed by atoms with van der Waals surface area (Å²) in [5, 5.41) is 0.469. The van der Waals surface area contributed by atoms with Gasteiger partial charge in [0.25, 0.3) is 0 Å². The van der Waals surface area contributed by atoms with Gasteiger partial charge in [-0.05, 0) is 12.2 Å². The first-order valence-corrected chi connectivity index (χ1v) is 7.27. The monoisotopic (exact) mass is 277 g/mol. The minimum Gasteiger partial charge on any atom is -0.355 e. The summed E-state index contributed by atoms with van der Waals surface area (Å²) in [5.74, 6) is 3.60. The van der Waals surface area contributed by atoms with Crippen molar-refractivity contribution in [3.8, 4) is 0 Å². The van der Waals surface area contributed by atoms with E-state index in [0.29, 0.717) is 11.0 Å². The largest absolute Gasteiger partial charge is 0.355 e. The molecular weight excluding hydrogens is 265 g/mol. The first-order chi connectivity index (χ1) is 7.83. The topological polar surface area (TPSA) is 29.0 Å². The van der Waals surface area contributed by atoms with Crippen molar-refractivity contribution in [2.24, 2.45) is 0 Å². The summed E-state index contributed by atoms with van der Waals surface area (Å²) in [6.45, 7) is 2.02.